The van der Waals surface area contributed by atoms with Crippen LogP contribution in [0.4, 0.5) is 5.69 Å². The second kappa shape index (κ2) is 8.58. The van der Waals surface area contributed by atoms with Crippen molar-refractivity contribution < 1.29 is 23.9 Å². The zero-order valence-electron chi connectivity index (χ0n) is 16.3. The molecule has 8 heteroatoms. The first kappa shape index (κ1) is 20.0. The van der Waals surface area contributed by atoms with E-state index in [-0.39, 0.29) is 17.7 Å². The number of hydrogen-bond acceptors (Lipinski definition) is 4. The quantitative estimate of drug-likeness (QED) is 0.367. The Morgan fingerprint density at radius 2 is 1.74 bits per heavy atom. The monoisotopic (exact) mass is 417 g/mol. The van der Waals surface area contributed by atoms with Gasteiger partial charge < -0.3 is 25.1 Å². The second-order valence-electron chi connectivity index (χ2n) is 6.94. The van der Waals surface area contributed by atoms with Crippen molar-refractivity contribution in [3.63, 3.8) is 0 Å². The number of benzene rings is 2. The van der Waals surface area contributed by atoms with Crippen LogP contribution in [0.25, 0.3) is 10.9 Å². The summed E-state index contributed by atoms with van der Waals surface area (Å²) in [5, 5.41) is 15.7. The maximum Gasteiger partial charge on any atom is 0.326 e. The predicted molar refractivity (Wildman–Crippen MR) is 114 cm³/mol. The number of aromatic amines is 1. The molecule has 8 nitrogen and oxygen atoms in total. The van der Waals surface area contributed by atoms with Gasteiger partial charge in [-0.1, -0.05) is 18.2 Å². The van der Waals surface area contributed by atoms with Crippen LogP contribution in [-0.2, 0) is 11.2 Å². The molecular formula is C23H19N3O5. The van der Waals surface area contributed by atoms with Gasteiger partial charge in [-0.15, -0.1) is 0 Å². The number of carbonyl (C=O) groups is 3. The van der Waals surface area contributed by atoms with Gasteiger partial charge in [0.15, 0.2) is 5.76 Å². The Balaban J connectivity index is 1.43. The fourth-order valence-corrected chi connectivity index (χ4v) is 3.27. The standard InChI is InChI=1S/C23H19N3O5/c27-21(14-7-9-16(10-8-14)25-22(28)20-6-3-11-31-20)26-19(23(29)30)12-15-13-24-18-5-2-1-4-17(15)18/h1-11,13,19,24H,12H2,(H,25,28)(H,26,27)(H,29,30). The molecule has 0 aliphatic heterocycles. The smallest absolute Gasteiger partial charge is 0.326 e. The maximum atomic E-state index is 12.6. The molecule has 156 valence electrons. The van der Waals surface area contributed by atoms with Crippen molar-refractivity contribution in [3.8, 4) is 0 Å². The van der Waals surface area contributed by atoms with E-state index in [1.165, 1.54) is 24.5 Å². The van der Waals surface area contributed by atoms with E-state index in [4.69, 9.17) is 4.42 Å². The van der Waals surface area contributed by atoms with Crippen LogP contribution in [0, 0.1) is 0 Å². The van der Waals surface area contributed by atoms with Crippen molar-refractivity contribution >= 4 is 34.4 Å². The van der Waals surface area contributed by atoms with Crippen molar-refractivity contribution in [3.05, 3.63) is 90.0 Å². The van der Waals surface area contributed by atoms with Gasteiger partial charge in [0.2, 0.25) is 0 Å². The number of H-pyrrole nitrogens is 1. The van der Waals surface area contributed by atoms with Crippen LogP contribution in [0.3, 0.4) is 0 Å². The van der Waals surface area contributed by atoms with Crippen LogP contribution >= 0.6 is 0 Å². The summed E-state index contributed by atoms with van der Waals surface area (Å²) in [6.45, 7) is 0. The number of furan rings is 1. The minimum atomic E-state index is -1.12. The van der Waals surface area contributed by atoms with E-state index in [1.807, 2.05) is 24.3 Å². The summed E-state index contributed by atoms with van der Waals surface area (Å²) >= 11 is 0. The van der Waals surface area contributed by atoms with Crippen molar-refractivity contribution in [1.82, 2.24) is 10.3 Å². The van der Waals surface area contributed by atoms with E-state index in [0.717, 1.165) is 16.5 Å². The molecule has 4 aromatic rings. The number of aliphatic carboxylic acids is 1. The predicted octanol–water partition coefficient (Wildman–Crippen LogP) is 3.44. The molecular weight excluding hydrogens is 398 g/mol. The Bertz CT molecular complexity index is 1230. The molecule has 0 radical (unpaired) electrons. The summed E-state index contributed by atoms with van der Waals surface area (Å²) in [6, 6.07) is 15.8. The van der Waals surface area contributed by atoms with E-state index in [1.54, 1.807) is 24.4 Å². The highest BCUT2D eigenvalue weighted by atomic mass is 16.4. The molecule has 0 saturated heterocycles. The van der Waals surface area contributed by atoms with Crippen LogP contribution < -0.4 is 10.6 Å². The number of hydrogen-bond donors (Lipinski definition) is 4. The van der Waals surface area contributed by atoms with Crippen molar-refractivity contribution in [2.45, 2.75) is 12.5 Å². The molecule has 1 atom stereocenters. The summed E-state index contributed by atoms with van der Waals surface area (Å²) in [5.74, 6) is -1.88. The Morgan fingerprint density at radius 1 is 0.968 bits per heavy atom. The van der Waals surface area contributed by atoms with E-state index in [9.17, 15) is 19.5 Å². The molecule has 0 spiro atoms. The molecule has 4 rings (SSSR count). The molecule has 4 N–H and O–H groups in total. The van der Waals surface area contributed by atoms with Gasteiger partial charge in [0.25, 0.3) is 11.8 Å². The van der Waals surface area contributed by atoms with Crippen LogP contribution in [0.2, 0.25) is 0 Å². The molecule has 0 saturated carbocycles. The third kappa shape index (κ3) is 4.48. The zero-order chi connectivity index (χ0) is 21.8. The van der Waals surface area contributed by atoms with E-state index in [0.29, 0.717) is 5.69 Å². The lowest BCUT2D eigenvalue weighted by atomic mass is 10.0. The van der Waals surface area contributed by atoms with Gasteiger partial charge in [0.05, 0.1) is 6.26 Å². The second-order valence-corrected chi connectivity index (χ2v) is 6.94. The number of carbonyl (C=O) groups excluding carboxylic acids is 2. The molecule has 0 bridgehead atoms. The number of para-hydroxylation sites is 1. The molecule has 31 heavy (non-hydrogen) atoms. The topological polar surface area (TPSA) is 124 Å². The largest absolute Gasteiger partial charge is 0.480 e. The first-order valence-corrected chi connectivity index (χ1v) is 9.55. The summed E-state index contributed by atoms with van der Waals surface area (Å²) in [4.78, 5) is 39.4. The Morgan fingerprint density at radius 3 is 2.45 bits per heavy atom. The number of rotatable bonds is 7. The summed E-state index contributed by atoms with van der Waals surface area (Å²) in [7, 11) is 0. The van der Waals surface area contributed by atoms with Gasteiger partial charge in [-0.3, -0.25) is 9.59 Å². The molecule has 0 aliphatic carbocycles. The molecule has 0 aliphatic rings. The highest BCUT2D eigenvalue weighted by molar-refractivity contribution is 6.03. The number of carboxylic acids is 1. The zero-order valence-corrected chi connectivity index (χ0v) is 16.3. The highest BCUT2D eigenvalue weighted by Gasteiger charge is 2.22. The molecule has 1 unspecified atom stereocenters. The van der Waals surface area contributed by atoms with Crippen LogP contribution in [0.5, 0.6) is 0 Å². The number of amides is 2. The number of nitrogens with one attached hydrogen (secondary N) is 3. The van der Waals surface area contributed by atoms with Crippen LogP contribution in [-0.4, -0.2) is 33.9 Å². The van der Waals surface area contributed by atoms with Gasteiger partial charge >= 0.3 is 5.97 Å². The lowest BCUT2D eigenvalue weighted by Gasteiger charge is -2.14. The SMILES string of the molecule is O=C(NC(Cc1c[nH]c2ccccc12)C(=O)O)c1ccc(NC(=O)c2ccco2)cc1. The van der Waals surface area contributed by atoms with E-state index >= 15 is 0 Å². The van der Waals surface area contributed by atoms with Gasteiger partial charge in [-0.2, -0.15) is 0 Å². The van der Waals surface area contributed by atoms with Gasteiger partial charge in [-0.25, -0.2) is 4.79 Å². The van der Waals surface area contributed by atoms with Crippen molar-refractivity contribution in [1.29, 1.82) is 0 Å². The Kier molecular flexibility index (Phi) is 5.53. The summed E-state index contributed by atoms with van der Waals surface area (Å²) in [5.41, 5.74) is 2.46. The Labute approximate surface area is 176 Å². The normalized spacial score (nSPS) is 11.7. The highest BCUT2D eigenvalue weighted by Crippen LogP contribution is 2.19. The first-order valence-electron chi connectivity index (χ1n) is 9.55. The molecule has 2 amide bonds. The number of anilines is 1. The fraction of sp³-hybridized carbons (Fsp3) is 0.0870. The van der Waals surface area contributed by atoms with Gasteiger partial charge in [0.1, 0.15) is 6.04 Å². The number of aromatic nitrogens is 1. The Hall–Kier alpha value is -4.33. The molecule has 2 aromatic heterocycles. The minimum absolute atomic E-state index is 0.141. The molecule has 2 aromatic carbocycles. The first-order chi connectivity index (χ1) is 15.0. The summed E-state index contributed by atoms with van der Waals surface area (Å²) in [6.07, 6.45) is 3.29. The third-order valence-corrected chi connectivity index (χ3v) is 4.85. The fourth-order valence-electron chi connectivity index (χ4n) is 3.27. The van der Waals surface area contributed by atoms with E-state index in [2.05, 4.69) is 15.6 Å². The average molecular weight is 417 g/mol. The van der Waals surface area contributed by atoms with E-state index < -0.39 is 23.8 Å². The van der Waals surface area contributed by atoms with Crippen molar-refractivity contribution in [2.24, 2.45) is 0 Å². The van der Waals surface area contributed by atoms with Crippen LogP contribution in [0.1, 0.15) is 26.5 Å². The molecule has 0 fully saturated rings. The third-order valence-electron chi connectivity index (χ3n) is 4.85. The number of carboxylic acid groups (broad SMARTS) is 1. The lowest BCUT2D eigenvalue weighted by Crippen LogP contribution is -2.42. The van der Waals surface area contributed by atoms with Crippen LogP contribution in [0.15, 0.2) is 77.5 Å². The average Bonchev–Trinajstić information content (AvgIpc) is 3.44. The van der Waals surface area contributed by atoms with Gasteiger partial charge in [0, 0.05) is 34.8 Å². The lowest BCUT2D eigenvalue weighted by molar-refractivity contribution is -0.139. The molecule has 2 heterocycles. The maximum absolute atomic E-state index is 12.6. The summed E-state index contributed by atoms with van der Waals surface area (Å²) < 4.78 is 5.03. The van der Waals surface area contributed by atoms with Gasteiger partial charge in [-0.05, 0) is 48.0 Å². The number of fused-ring (bicyclic) bond motifs is 1. The minimum Gasteiger partial charge on any atom is -0.480 e. The van der Waals surface area contributed by atoms with Crippen molar-refractivity contribution in [2.75, 3.05) is 5.32 Å².